The Morgan fingerprint density at radius 1 is 1.21 bits per heavy atom. The van der Waals surface area contributed by atoms with Crippen molar-refractivity contribution in [3.63, 3.8) is 0 Å². The van der Waals surface area contributed by atoms with Crippen LogP contribution in [0.15, 0.2) is 30.3 Å². The lowest BCUT2D eigenvalue weighted by atomic mass is 10.1. The highest BCUT2D eigenvalue weighted by molar-refractivity contribution is 5.78. The number of non-ortho nitro benzene ring substituents is 1. The molecule has 1 fully saturated rings. The van der Waals surface area contributed by atoms with Crippen molar-refractivity contribution in [3.05, 3.63) is 51.8 Å². The summed E-state index contributed by atoms with van der Waals surface area (Å²) in [6, 6.07) is 7.79. The molecule has 0 aliphatic carbocycles. The normalized spacial score (nSPS) is 13.8. The minimum absolute atomic E-state index is 0.00613. The molecule has 154 valence electrons. The molecule has 2 heterocycles. The van der Waals surface area contributed by atoms with Gasteiger partial charge in [-0.15, -0.1) is 0 Å². The first-order valence-corrected chi connectivity index (χ1v) is 9.75. The first kappa shape index (κ1) is 20.5. The Balaban J connectivity index is 1.44. The Kier molecular flexibility index (Phi) is 6.94. The summed E-state index contributed by atoms with van der Waals surface area (Å²) >= 11 is 0. The van der Waals surface area contributed by atoms with E-state index < -0.39 is 4.92 Å². The van der Waals surface area contributed by atoms with E-state index in [4.69, 9.17) is 4.74 Å². The number of nitro groups is 1. The molecule has 3 rings (SSSR count). The summed E-state index contributed by atoms with van der Waals surface area (Å²) in [5.41, 5.74) is 0.721. The summed E-state index contributed by atoms with van der Waals surface area (Å²) in [6.07, 6.45) is 3.74. The van der Waals surface area contributed by atoms with Crippen molar-refractivity contribution in [1.29, 1.82) is 0 Å². The van der Waals surface area contributed by atoms with Gasteiger partial charge >= 0.3 is 0 Å². The standard InChI is InChI=1S/C20H25N5O4/c1-15-22-18(24-10-3-2-4-11-24)14-20(23-15)29-12-9-21-19(26)13-16-5-7-17(8-6-16)25(27)28/h5-8,14H,2-4,9-13H2,1H3,(H,21,26). The molecular weight excluding hydrogens is 374 g/mol. The summed E-state index contributed by atoms with van der Waals surface area (Å²) in [4.78, 5) is 33.3. The summed E-state index contributed by atoms with van der Waals surface area (Å²) in [5.74, 6) is 1.87. The zero-order valence-corrected chi connectivity index (χ0v) is 16.5. The predicted molar refractivity (Wildman–Crippen MR) is 108 cm³/mol. The highest BCUT2D eigenvalue weighted by atomic mass is 16.6. The van der Waals surface area contributed by atoms with Crippen molar-refractivity contribution in [1.82, 2.24) is 15.3 Å². The monoisotopic (exact) mass is 399 g/mol. The molecule has 9 nitrogen and oxygen atoms in total. The third-order valence-corrected chi connectivity index (χ3v) is 4.67. The number of hydrogen-bond donors (Lipinski definition) is 1. The number of rotatable bonds is 8. The Labute approximate surface area is 169 Å². The number of anilines is 1. The quantitative estimate of drug-likeness (QED) is 0.412. The van der Waals surface area contributed by atoms with Crippen LogP contribution in [0, 0.1) is 17.0 Å². The number of amides is 1. The summed E-state index contributed by atoms with van der Waals surface area (Å²) < 4.78 is 5.69. The molecule has 1 aromatic carbocycles. The maximum atomic E-state index is 12.0. The minimum atomic E-state index is -0.466. The van der Waals surface area contributed by atoms with E-state index in [1.165, 1.54) is 31.4 Å². The van der Waals surface area contributed by atoms with Crippen molar-refractivity contribution >= 4 is 17.4 Å². The van der Waals surface area contributed by atoms with Crippen molar-refractivity contribution in [2.75, 3.05) is 31.1 Å². The molecule has 1 amide bonds. The first-order chi connectivity index (χ1) is 14.0. The molecule has 1 saturated heterocycles. The van der Waals surface area contributed by atoms with Gasteiger partial charge in [0.1, 0.15) is 18.2 Å². The zero-order valence-electron chi connectivity index (χ0n) is 16.5. The largest absolute Gasteiger partial charge is 0.476 e. The second kappa shape index (κ2) is 9.81. The summed E-state index contributed by atoms with van der Waals surface area (Å²) in [7, 11) is 0. The fraction of sp³-hybridized carbons (Fsp3) is 0.450. The van der Waals surface area contributed by atoms with Gasteiger partial charge < -0.3 is 15.0 Å². The number of aromatic nitrogens is 2. The van der Waals surface area contributed by atoms with Crippen molar-refractivity contribution in [2.24, 2.45) is 0 Å². The molecule has 1 N–H and O–H groups in total. The van der Waals surface area contributed by atoms with Crippen LogP contribution in [0.2, 0.25) is 0 Å². The molecule has 0 spiro atoms. The average molecular weight is 399 g/mol. The van der Waals surface area contributed by atoms with Gasteiger partial charge in [0, 0.05) is 31.3 Å². The molecule has 0 atom stereocenters. The fourth-order valence-electron chi connectivity index (χ4n) is 3.21. The summed E-state index contributed by atoms with van der Waals surface area (Å²) in [6.45, 7) is 4.46. The van der Waals surface area contributed by atoms with Gasteiger partial charge in [-0.2, -0.15) is 4.98 Å². The van der Waals surface area contributed by atoms with Crippen LogP contribution in [0.3, 0.4) is 0 Å². The summed E-state index contributed by atoms with van der Waals surface area (Å²) in [5, 5.41) is 13.4. The SMILES string of the molecule is Cc1nc(OCCNC(=O)Cc2ccc([N+](=O)[O-])cc2)cc(N2CCCCC2)n1. The molecule has 1 aliphatic rings. The van der Waals surface area contributed by atoms with E-state index in [1.54, 1.807) is 12.1 Å². The van der Waals surface area contributed by atoms with Gasteiger partial charge in [-0.1, -0.05) is 12.1 Å². The van der Waals surface area contributed by atoms with Crippen LogP contribution in [0.25, 0.3) is 0 Å². The molecule has 1 aliphatic heterocycles. The van der Waals surface area contributed by atoms with Crippen molar-refractivity contribution < 1.29 is 14.5 Å². The number of piperidine rings is 1. The molecule has 1 aromatic heterocycles. The zero-order chi connectivity index (χ0) is 20.6. The maximum Gasteiger partial charge on any atom is 0.269 e. The highest BCUT2D eigenvalue weighted by Crippen LogP contribution is 2.21. The van der Waals surface area contributed by atoms with Gasteiger partial charge in [-0.05, 0) is 31.7 Å². The molecule has 0 saturated carbocycles. The molecule has 9 heteroatoms. The lowest BCUT2D eigenvalue weighted by molar-refractivity contribution is -0.384. The number of ether oxygens (including phenoxy) is 1. The number of hydrogen-bond acceptors (Lipinski definition) is 7. The van der Waals surface area contributed by atoms with E-state index in [0.29, 0.717) is 30.4 Å². The van der Waals surface area contributed by atoms with E-state index in [-0.39, 0.29) is 18.0 Å². The van der Waals surface area contributed by atoms with E-state index in [9.17, 15) is 14.9 Å². The third kappa shape index (κ3) is 6.13. The topological polar surface area (TPSA) is 110 Å². The average Bonchev–Trinajstić information content (AvgIpc) is 2.72. The van der Waals surface area contributed by atoms with Crippen LogP contribution >= 0.6 is 0 Å². The first-order valence-electron chi connectivity index (χ1n) is 9.75. The van der Waals surface area contributed by atoms with Crippen LogP contribution < -0.4 is 15.0 Å². The van der Waals surface area contributed by atoms with E-state index in [0.717, 1.165) is 18.9 Å². The number of carbonyl (C=O) groups excluding carboxylic acids is 1. The lowest BCUT2D eigenvalue weighted by Crippen LogP contribution is -2.31. The van der Waals surface area contributed by atoms with Gasteiger partial charge in [0.2, 0.25) is 11.8 Å². The Morgan fingerprint density at radius 3 is 2.62 bits per heavy atom. The third-order valence-electron chi connectivity index (χ3n) is 4.67. The van der Waals surface area contributed by atoms with Crippen molar-refractivity contribution in [2.45, 2.75) is 32.6 Å². The maximum absolute atomic E-state index is 12.0. The highest BCUT2D eigenvalue weighted by Gasteiger charge is 2.14. The van der Waals surface area contributed by atoms with Gasteiger partial charge in [0.15, 0.2) is 0 Å². The second-order valence-electron chi connectivity index (χ2n) is 6.96. The number of carbonyl (C=O) groups is 1. The molecule has 0 unspecified atom stereocenters. The number of benzene rings is 1. The van der Waals surface area contributed by atoms with E-state index >= 15 is 0 Å². The smallest absolute Gasteiger partial charge is 0.269 e. The Hall–Kier alpha value is -3.23. The van der Waals surface area contributed by atoms with Crippen LogP contribution in [0.4, 0.5) is 11.5 Å². The van der Waals surface area contributed by atoms with Crippen LogP contribution in [0.1, 0.15) is 30.7 Å². The molecular formula is C20H25N5O4. The van der Waals surface area contributed by atoms with E-state index in [1.807, 2.05) is 13.0 Å². The Bertz CT molecular complexity index is 850. The number of nitro benzene ring substituents is 1. The number of aryl methyl sites for hydroxylation is 1. The molecule has 0 radical (unpaired) electrons. The second-order valence-corrected chi connectivity index (χ2v) is 6.96. The minimum Gasteiger partial charge on any atom is -0.476 e. The number of nitrogens with one attached hydrogen (secondary N) is 1. The lowest BCUT2D eigenvalue weighted by Gasteiger charge is -2.28. The van der Waals surface area contributed by atoms with Crippen LogP contribution in [0.5, 0.6) is 5.88 Å². The van der Waals surface area contributed by atoms with Gasteiger partial charge in [0.25, 0.3) is 5.69 Å². The van der Waals surface area contributed by atoms with E-state index in [2.05, 4.69) is 20.2 Å². The van der Waals surface area contributed by atoms with Crippen LogP contribution in [-0.2, 0) is 11.2 Å². The molecule has 29 heavy (non-hydrogen) atoms. The Morgan fingerprint density at radius 2 is 1.93 bits per heavy atom. The van der Waals surface area contributed by atoms with Crippen molar-refractivity contribution in [3.8, 4) is 5.88 Å². The van der Waals surface area contributed by atoms with Gasteiger partial charge in [-0.3, -0.25) is 14.9 Å². The fourth-order valence-corrected chi connectivity index (χ4v) is 3.21. The van der Waals surface area contributed by atoms with Gasteiger partial charge in [0.05, 0.1) is 17.9 Å². The molecule has 0 bridgehead atoms. The number of nitrogens with zero attached hydrogens (tertiary/aromatic N) is 4. The molecule has 2 aromatic rings. The van der Waals surface area contributed by atoms with Crippen LogP contribution in [-0.4, -0.2) is 47.0 Å². The predicted octanol–water partition coefficient (Wildman–Crippen LogP) is 2.42. The van der Waals surface area contributed by atoms with Gasteiger partial charge in [-0.25, -0.2) is 4.98 Å².